The predicted molar refractivity (Wildman–Crippen MR) is 76.7 cm³/mol. The lowest BCUT2D eigenvalue weighted by Gasteiger charge is -2.09. The third-order valence-corrected chi connectivity index (χ3v) is 3.02. The maximum Gasteiger partial charge on any atom is 0.258 e. The second-order valence-corrected chi connectivity index (χ2v) is 4.91. The lowest BCUT2D eigenvalue weighted by atomic mass is 10.2. The van der Waals surface area contributed by atoms with Crippen LogP contribution in [0.2, 0.25) is 0 Å². The predicted octanol–water partition coefficient (Wildman–Crippen LogP) is 3.55. The highest BCUT2D eigenvalue weighted by Gasteiger charge is 2.13. The number of ether oxygens (including phenoxy) is 1. The van der Waals surface area contributed by atoms with E-state index in [4.69, 9.17) is 9.84 Å². The number of methoxy groups -OCH3 is 1. The molecular formula is C14H11BrFNO3. The van der Waals surface area contributed by atoms with Crippen molar-refractivity contribution < 1.29 is 19.0 Å². The van der Waals surface area contributed by atoms with Gasteiger partial charge < -0.3 is 15.2 Å². The summed E-state index contributed by atoms with van der Waals surface area (Å²) in [5.74, 6) is -1.07. The number of phenols is 1. The molecule has 2 aromatic rings. The van der Waals surface area contributed by atoms with E-state index in [-0.39, 0.29) is 11.3 Å². The van der Waals surface area contributed by atoms with Crippen LogP contribution in [0.1, 0.15) is 10.4 Å². The highest BCUT2D eigenvalue weighted by Crippen LogP contribution is 2.25. The summed E-state index contributed by atoms with van der Waals surface area (Å²) in [6, 6.07) is 8.36. The number of anilines is 1. The lowest BCUT2D eigenvalue weighted by molar-refractivity contribution is 0.102. The standard InChI is InChI=1S/C14H11BrFNO3/c1-20-11-5-8(15)4-9(6-11)17-14(19)12-3-2-10(18)7-13(12)16/h2-7,18H,1H3,(H,17,19). The van der Waals surface area contributed by atoms with Gasteiger partial charge in [0.15, 0.2) is 0 Å². The van der Waals surface area contributed by atoms with Crippen LogP contribution in [0, 0.1) is 5.82 Å². The van der Waals surface area contributed by atoms with Crippen molar-refractivity contribution in [3.8, 4) is 11.5 Å². The molecule has 0 atom stereocenters. The Labute approximate surface area is 123 Å². The van der Waals surface area contributed by atoms with Crippen LogP contribution in [-0.4, -0.2) is 18.1 Å². The second kappa shape index (κ2) is 5.92. The van der Waals surface area contributed by atoms with E-state index in [0.29, 0.717) is 11.4 Å². The molecule has 0 radical (unpaired) electrons. The van der Waals surface area contributed by atoms with Gasteiger partial charge in [-0.3, -0.25) is 4.79 Å². The summed E-state index contributed by atoms with van der Waals surface area (Å²) in [4.78, 5) is 12.0. The first-order chi connectivity index (χ1) is 9.49. The van der Waals surface area contributed by atoms with E-state index in [9.17, 15) is 9.18 Å². The monoisotopic (exact) mass is 339 g/mol. The molecule has 20 heavy (non-hydrogen) atoms. The largest absolute Gasteiger partial charge is 0.508 e. The number of benzene rings is 2. The summed E-state index contributed by atoms with van der Waals surface area (Å²) < 4.78 is 19.4. The Morgan fingerprint density at radius 1 is 1.30 bits per heavy atom. The van der Waals surface area contributed by atoms with Gasteiger partial charge in [-0.15, -0.1) is 0 Å². The molecule has 0 fully saturated rings. The summed E-state index contributed by atoms with van der Waals surface area (Å²) in [6.07, 6.45) is 0. The Morgan fingerprint density at radius 2 is 2.05 bits per heavy atom. The number of amides is 1. The van der Waals surface area contributed by atoms with Crippen LogP contribution in [0.3, 0.4) is 0 Å². The zero-order chi connectivity index (χ0) is 14.7. The Bertz CT molecular complexity index is 661. The molecule has 0 aromatic heterocycles. The van der Waals surface area contributed by atoms with E-state index in [1.165, 1.54) is 19.2 Å². The van der Waals surface area contributed by atoms with Crippen molar-refractivity contribution in [3.05, 3.63) is 52.3 Å². The second-order valence-electron chi connectivity index (χ2n) is 4.00. The van der Waals surface area contributed by atoms with Crippen molar-refractivity contribution in [2.24, 2.45) is 0 Å². The Kier molecular flexibility index (Phi) is 4.24. The molecule has 0 heterocycles. The molecule has 0 saturated heterocycles. The quantitative estimate of drug-likeness (QED) is 0.898. The van der Waals surface area contributed by atoms with Gasteiger partial charge in [-0.25, -0.2) is 4.39 Å². The maximum atomic E-state index is 13.6. The average molecular weight is 340 g/mol. The lowest BCUT2D eigenvalue weighted by Crippen LogP contribution is -2.13. The number of aromatic hydroxyl groups is 1. The first-order valence-corrected chi connectivity index (χ1v) is 6.43. The van der Waals surface area contributed by atoms with Crippen molar-refractivity contribution in [1.29, 1.82) is 0 Å². The Morgan fingerprint density at radius 3 is 2.70 bits per heavy atom. The van der Waals surface area contributed by atoms with Crippen LogP contribution in [0.15, 0.2) is 40.9 Å². The van der Waals surface area contributed by atoms with Gasteiger partial charge in [0.25, 0.3) is 5.91 Å². The number of nitrogens with one attached hydrogen (secondary N) is 1. The van der Waals surface area contributed by atoms with E-state index in [1.807, 2.05) is 0 Å². The van der Waals surface area contributed by atoms with E-state index >= 15 is 0 Å². The van der Waals surface area contributed by atoms with Gasteiger partial charge >= 0.3 is 0 Å². The molecular weight excluding hydrogens is 329 g/mol. The van der Waals surface area contributed by atoms with Crippen molar-refractivity contribution in [3.63, 3.8) is 0 Å². The molecule has 0 aliphatic rings. The molecule has 2 N–H and O–H groups in total. The molecule has 0 unspecified atom stereocenters. The number of hydrogen-bond acceptors (Lipinski definition) is 3. The third-order valence-electron chi connectivity index (χ3n) is 2.56. The normalized spacial score (nSPS) is 10.2. The number of carbonyl (C=O) groups is 1. The fraction of sp³-hybridized carbons (Fsp3) is 0.0714. The third kappa shape index (κ3) is 3.27. The molecule has 2 rings (SSSR count). The fourth-order valence-corrected chi connectivity index (χ4v) is 2.11. The van der Waals surface area contributed by atoms with Gasteiger partial charge in [0, 0.05) is 22.3 Å². The molecule has 1 amide bonds. The summed E-state index contributed by atoms with van der Waals surface area (Å²) in [5.41, 5.74) is 0.315. The van der Waals surface area contributed by atoms with Crippen LogP contribution in [0.4, 0.5) is 10.1 Å². The molecule has 104 valence electrons. The summed E-state index contributed by atoms with van der Waals surface area (Å²) in [6.45, 7) is 0. The maximum absolute atomic E-state index is 13.6. The van der Waals surface area contributed by atoms with Gasteiger partial charge in [0.2, 0.25) is 0 Å². The number of phenolic OH excluding ortho intramolecular Hbond substituents is 1. The molecule has 6 heteroatoms. The van der Waals surface area contributed by atoms with Crippen LogP contribution >= 0.6 is 15.9 Å². The molecule has 0 bridgehead atoms. The topological polar surface area (TPSA) is 58.6 Å². The zero-order valence-electron chi connectivity index (χ0n) is 10.5. The summed E-state index contributed by atoms with van der Waals surface area (Å²) in [7, 11) is 1.51. The summed E-state index contributed by atoms with van der Waals surface area (Å²) >= 11 is 3.29. The van der Waals surface area contributed by atoms with Crippen LogP contribution in [0.5, 0.6) is 11.5 Å². The minimum Gasteiger partial charge on any atom is -0.508 e. The van der Waals surface area contributed by atoms with E-state index in [0.717, 1.165) is 10.5 Å². The molecule has 2 aromatic carbocycles. The highest BCUT2D eigenvalue weighted by molar-refractivity contribution is 9.10. The number of halogens is 2. The van der Waals surface area contributed by atoms with Crippen molar-refractivity contribution in [2.75, 3.05) is 12.4 Å². The van der Waals surface area contributed by atoms with Crippen molar-refractivity contribution in [2.45, 2.75) is 0 Å². The number of rotatable bonds is 3. The highest BCUT2D eigenvalue weighted by atomic mass is 79.9. The number of hydrogen-bond donors (Lipinski definition) is 2. The van der Waals surface area contributed by atoms with Crippen LogP contribution in [0.25, 0.3) is 0 Å². The molecule has 0 aliphatic heterocycles. The first-order valence-electron chi connectivity index (χ1n) is 5.64. The smallest absolute Gasteiger partial charge is 0.258 e. The minimum absolute atomic E-state index is 0.151. The Hall–Kier alpha value is -2.08. The SMILES string of the molecule is COc1cc(Br)cc(NC(=O)c2ccc(O)cc2F)c1. The van der Waals surface area contributed by atoms with Crippen molar-refractivity contribution in [1.82, 2.24) is 0 Å². The minimum atomic E-state index is -0.788. The van der Waals surface area contributed by atoms with E-state index in [1.54, 1.807) is 18.2 Å². The van der Waals surface area contributed by atoms with Crippen LogP contribution in [-0.2, 0) is 0 Å². The fourth-order valence-electron chi connectivity index (χ4n) is 1.64. The number of carbonyl (C=O) groups excluding carboxylic acids is 1. The molecule has 0 spiro atoms. The first kappa shape index (κ1) is 14.3. The van der Waals surface area contributed by atoms with Gasteiger partial charge in [0.05, 0.1) is 12.7 Å². The van der Waals surface area contributed by atoms with Crippen molar-refractivity contribution >= 4 is 27.5 Å². The van der Waals surface area contributed by atoms with Gasteiger partial charge in [-0.1, -0.05) is 15.9 Å². The van der Waals surface area contributed by atoms with E-state index < -0.39 is 11.7 Å². The molecule has 0 saturated carbocycles. The summed E-state index contributed by atoms with van der Waals surface area (Å²) in [5, 5.41) is 11.7. The van der Waals surface area contributed by atoms with E-state index in [2.05, 4.69) is 21.2 Å². The molecule has 4 nitrogen and oxygen atoms in total. The van der Waals surface area contributed by atoms with Gasteiger partial charge in [-0.2, -0.15) is 0 Å². The van der Waals surface area contributed by atoms with Crippen LogP contribution < -0.4 is 10.1 Å². The zero-order valence-corrected chi connectivity index (χ0v) is 12.1. The van der Waals surface area contributed by atoms with Gasteiger partial charge in [-0.05, 0) is 24.3 Å². The average Bonchev–Trinajstić information content (AvgIpc) is 2.37. The Balaban J connectivity index is 2.25. The molecule has 0 aliphatic carbocycles. The van der Waals surface area contributed by atoms with Gasteiger partial charge in [0.1, 0.15) is 17.3 Å².